The molecule has 3 aromatic rings. The summed E-state index contributed by atoms with van der Waals surface area (Å²) >= 11 is 0. The summed E-state index contributed by atoms with van der Waals surface area (Å²) in [6, 6.07) is 15.3. The van der Waals surface area contributed by atoms with Crippen LogP contribution in [0, 0.1) is 6.92 Å². The van der Waals surface area contributed by atoms with Crippen molar-refractivity contribution in [2.45, 2.75) is 25.7 Å². The Morgan fingerprint density at radius 2 is 1.81 bits per heavy atom. The Bertz CT molecular complexity index is 1230. The molecule has 2 aromatic carbocycles. The quantitative estimate of drug-likeness (QED) is 0.617. The van der Waals surface area contributed by atoms with Gasteiger partial charge in [-0.1, -0.05) is 36.4 Å². The molecule has 1 fully saturated rings. The second-order valence-corrected chi connectivity index (χ2v) is 10.0. The van der Waals surface area contributed by atoms with E-state index in [1.807, 2.05) is 49.4 Å². The van der Waals surface area contributed by atoms with E-state index in [0.29, 0.717) is 30.0 Å². The third kappa shape index (κ3) is 4.26. The predicted molar refractivity (Wildman–Crippen MR) is 121 cm³/mol. The number of carbonyl (C=O) groups excluding carboxylic acids is 1. The molecule has 2 heterocycles. The number of hydrogen-bond acceptors (Lipinski definition) is 5. The molecule has 1 aliphatic heterocycles. The first-order valence-corrected chi connectivity index (χ1v) is 12.1. The largest absolute Gasteiger partial charge is 0.383 e. The van der Waals surface area contributed by atoms with E-state index in [4.69, 9.17) is 5.73 Å². The lowest BCUT2D eigenvalue weighted by atomic mass is 9.88. The summed E-state index contributed by atoms with van der Waals surface area (Å²) in [7, 11) is -3.16. The highest BCUT2D eigenvalue weighted by atomic mass is 32.2. The zero-order valence-electron chi connectivity index (χ0n) is 17.7. The molecule has 2 N–H and O–H groups in total. The Kier molecular flexibility index (Phi) is 5.68. The van der Waals surface area contributed by atoms with Gasteiger partial charge in [-0.25, -0.2) is 17.4 Å². The van der Waals surface area contributed by atoms with Crippen LogP contribution in [0.1, 0.15) is 45.8 Å². The molecule has 1 aliphatic rings. The van der Waals surface area contributed by atoms with Crippen molar-refractivity contribution in [1.29, 1.82) is 0 Å². The first-order valence-electron chi connectivity index (χ1n) is 10.2. The highest BCUT2D eigenvalue weighted by Crippen LogP contribution is 2.30. The Labute approximate surface area is 182 Å². The van der Waals surface area contributed by atoms with Crippen LogP contribution in [-0.4, -0.2) is 47.6 Å². The summed E-state index contributed by atoms with van der Waals surface area (Å²) in [5.41, 5.74) is 10.1. The zero-order chi connectivity index (χ0) is 22.2. The van der Waals surface area contributed by atoms with Gasteiger partial charge in [-0.15, -0.1) is 0 Å². The molecule has 0 amide bonds. The molecule has 1 saturated heterocycles. The fourth-order valence-corrected chi connectivity index (χ4v) is 5.01. The number of aryl methyl sites for hydroxylation is 1. The van der Waals surface area contributed by atoms with Gasteiger partial charge in [-0.3, -0.25) is 4.79 Å². The van der Waals surface area contributed by atoms with E-state index in [2.05, 4.69) is 5.10 Å². The van der Waals surface area contributed by atoms with E-state index < -0.39 is 10.0 Å². The van der Waals surface area contributed by atoms with Crippen LogP contribution >= 0.6 is 0 Å². The van der Waals surface area contributed by atoms with Crippen molar-refractivity contribution in [3.8, 4) is 5.69 Å². The minimum Gasteiger partial charge on any atom is -0.383 e. The third-order valence-electron chi connectivity index (χ3n) is 5.94. The summed E-state index contributed by atoms with van der Waals surface area (Å²) in [4.78, 5) is 13.2. The number of para-hydroxylation sites is 1. The van der Waals surface area contributed by atoms with E-state index in [9.17, 15) is 13.2 Å². The first-order chi connectivity index (χ1) is 14.8. The van der Waals surface area contributed by atoms with Crippen LogP contribution in [0.25, 0.3) is 5.69 Å². The molecule has 8 heteroatoms. The van der Waals surface area contributed by atoms with Gasteiger partial charge in [0.05, 0.1) is 23.7 Å². The maximum absolute atomic E-state index is 13.2. The minimum atomic E-state index is -3.16. The number of hydrogen-bond donors (Lipinski definition) is 1. The van der Waals surface area contributed by atoms with Crippen LogP contribution in [0.4, 0.5) is 5.82 Å². The second-order valence-electron chi connectivity index (χ2n) is 8.03. The molecule has 0 aliphatic carbocycles. The fourth-order valence-electron chi connectivity index (χ4n) is 4.14. The lowest BCUT2D eigenvalue weighted by Gasteiger charge is -2.30. The van der Waals surface area contributed by atoms with Gasteiger partial charge in [-0.2, -0.15) is 5.10 Å². The van der Waals surface area contributed by atoms with Crippen LogP contribution in [-0.2, 0) is 10.0 Å². The van der Waals surface area contributed by atoms with Gasteiger partial charge in [0.25, 0.3) is 0 Å². The van der Waals surface area contributed by atoms with E-state index in [1.165, 1.54) is 16.8 Å². The smallest absolute Gasteiger partial charge is 0.211 e. The van der Waals surface area contributed by atoms with Crippen molar-refractivity contribution in [3.05, 3.63) is 77.0 Å². The average Bonchev–Trinajstić information content (AvgIpc) is 3.14. The highest BCUT2D eigenvalue weighted by molar-refractivity contribution is 7.88. The number of nitrogen functional groups attached to an aromatic ring is 1. The van der Waals surface area contributed by atoms with Crippen molar-refractivity contribution < 1.29 is 13.2 Å². The molecule has 0 bridgehead atoms. The third-order valence-corrected chi connectivity index (χ3v) is 7.24. The molecule has 0 atom stereocenters. The maximum atomic E-state index is 13.2. The van der Waals surface area contributed by atoms with Crippen molar-refractivity contribution in [1.82, 2.24) is 14.1 Å². The Hall–Kier alpha value is -2.97. The van der Waals surface area contributed by atoms with E-state index in [0.717, 1.165) is 29.7 Å². The number of piperidine rings is 1. The normalized spacial score (nSPS) is 15.8. The van der Waals surface area contributed by atoms with Crippen molar-refractivity contribution in [2.24, 2.45) is 0 Å². The van der Waals surface area contributed by atoms with Gasteiger partial charge in [0.15, 0.2) is 5.78 Å². The fraction of sp³-hybridized carbons (Fsp3) is 0.304. The number of rotatable bonds is 5. The van der Waals surface area contributed by atoms with Crippen LogP contribution in [0.3, 0.4) is 0 Å². The van der Waals surface area contributed by atoms with Crippen molar-refractivity contribution in [2.75, 3.05) is 25.1 Å². The van der Waals surface area contributed by atoms with Gasteiger partial charge in [0, 0.05) is 18.7 Å². The molecule has 0 spiro atoms. The standard InChI is InChI=1S/C23H26N4O3S/c1-16-6-3-4-9-21(16)27-23(24)20(15-25-27)22(28)19-8-5-7-18(14-19)17-10-12-26(13-11-17)31(2,29)30/h3-9,14-15,17H,10-13,24H2,1-2H3. The van der Waals surface area contributed by atoms with Gasteiger partial charge in [0.2, 0.25) is 10.0 Å². The average molecular weight is 439 g/mol. The van der Waals surface area contributed by atoms with E-state index >= 15 is 0 Å². The minimum absolute atomic E-state index is 0.173. The molecule has 0 saturated carbocycles. The SMILES string of the molecule is Cc1ccccc1-n1ncc(C(=O)c2cccc(C3CCN(S(C)(=O)=O)CC3)c2)c1N. The number of nitrogens with zero attached hydrogens (tertiary/aromatic N) is 3. The van der Waals surface area contributed by atoms with Crippen LogP contribution in [0.5, 0.6) is 0 Å². The lowest BCUT2D eigenvalue weighted by molar-refractivity contribution is 0.103. The molecule has 0 unspecified atom stereocenters. The van der Waals surface area contributed by atoms with Crippen LogP contribution < -0.4 is 5.73 Å². The summed E-state index contributed by atoms with van der Waals surface area (Å²) in [5, 5.41) is 4.35. The summed E-state index contributed by atoms with van der Waals surface area (Å²) in [6.07, 6.45) is 4.23. The maximum Gasteiger partial charge on any atom is 0.211 e. The molecule has 0 radical (unpaired) electrons. The molecule has 7 nitrogen and oxygen atoms in total. The number of sulfonamides is 1. The second kappa shape index (κ2) is 8.28. The van der Waals surface area contributed by atoms with Crippen molar-refractivity contribution in [3.63, 3.8) is 0 Å². The lowest BCUT2D eigenvalue weighted by Crippen LogP contribution is -2.37. The predicted octanol–water partition coefficient (Wildman–Crippen LogP) is 3.13. The highest BCUT2D eigenvalue weighted by Gasteiger charge is 2.26. The van der Waals surface area contributed by atoms with Gasteiger partial charge >= 0.3 is 0 Å². The molecule has 162 valence electrons. The Morgan fingerprint density at radius 3 is 2.48 bits per heavy atom. The number of nitrogens with two attached hydrogens (primary N) is 1. The van der Waals surface area contributed by atoms with E-state index in [1.54, 1.807) is 10.7 Å². The van der Waals surface area contributed by atoms with Gasteiger partial charge < -0.3 is 5.73 Å². The summed E-state index contributed by atoms with van der Waals surface area (Å²) < 4.78 is 26.6. The molecule has 31 heavy (non-hydrogen) atoms. The number of anilines is 1. The number of ketones is 1. The Balaban J connectivity index is 1.57. The molecule has 1 aromatic heterocycles. The summed E-state index contributed by atoms with van der Waals surface area (Å²) in [6.45, 7) is 2.96. The van der Waals surface area contributed by atoms with Crippen molar-refractivity contribution >= 4 is 21.6 Å². The van der Waals surface area contributed by atoms with E-state index in [-0.39, 0.29) is 11.7 Å². The number of carbonyl (C=O) groups is 1. The topological polar surface area (TPSA) is 98.3 Å². The number of benzene rings is 2. The van der Waals surface area contributed by atoms with Crippen LogP contribution in [0.15, 0.2) is 54.7 Å². The van der Waals surface area contributed by atoms with Gasteiger partial charge in [0.1, 0.15) is 5.82 Å². The van der Waals surface area contributed by atoms with Crippen LogP contribution in [0.2, 0.25) is 0 Å². The zero-order valence-corrected chi connectivity index (χ0v) is 18.5. The van der Waals surface area contributed by atoms with Gasteiger partial charge in [-0.05, 0) is 48.9 Å². The molecule has 4 rings (SSSR count). The number of aromatic nitrogens is 2. The summed E-state index contributed by atoms with van der Waals surface area (Å²) in [5.74, 6) is 0.358. The molecular weight excluding hydrogens is 412 g/mol. The first kappa shape index (κ1) is 21.3. The molecular formula is C23H26N4O3S. The monoisotopic (exact) mass is 438 g/mol. The Morgan fingerprint density at radius 1 is 1.10 bits per heavy atom.